The lowest BCUT2D eigenvalue weighted by Crippen LogP contribution is -2.22. The molecule has 1 rings (SSSR count). The Morgan fingerprint density at radius 3 is 2.39 bits per heavy atom. The van der Waals surface area contributed by atoms with Gasteiger partial charge < -0.3 is 20.5 Å². The topological polar surface area (TPSA) is 85.9 Å². The van der Waals surface area contributed by atoms with Crippen molar-refractivity contribution in [2.75, 3.05) is 26.1 Å². The Kier molecular flexibility index (Phi) is 9.28. The van der Waals surface area contributed by atoms with Crippen molar-refractivity contribution in [3.8, 4) is 5.75 Å². The Bertz CT molecular complexity index is 486. The molecule has 0 aliphatic carbocycles. The van der Waals surface area contributed by atoms with Crippen molar-refractivity contribution in [2.45, 2.75) is 38.5 Å². The normalized spacial score (nSPS) is 11.1. The van der Waals surface area contributed by atoms with E-state index in [2.05, 4.69) is 15.0 Å². The van der Waals surface area contributed by atoms with Gasteiger partial charge in [0.25, 0.3) is 0 Å². The van der Waals surface area contributed by atoms with E-state index in [1.54, 1.807) is 7.11 Å². The first-order valence-electron chi connectivity index (χ1n) is 7.93. The van der Waals surface area contributed by atoms with Crippen molar-refractivity contribution in [3.05, 3.63) is 24.3 Å². The number of benzene rings is 1. The van der Waals surface area contributed by atoms with Gasteiger partial charge in [0, 0.05) is 18.7 Å². The quantitative estimate of drug-likeness (QED) is 0.299. The lowest BCUT2D eigenvalue weighted by molar-refractivity contribution is -0.140. The maximum absolute atomic E-state index is 10.9. The Morgan fingerprint density at radius 2 is 1.74 bits per heavy atom. The van der Waals surface area contributed by atoms with Gasteiger partial charge in [-0.1, -0.05) is 19.3 Å². The largest absolute Gasteiger partial charge is 0.497 e. The third kappa shape index (κ3) is 8.70. The number of carbonyl (C=O) groups excluding carboxylic acids is 1. The van der Waals surface area contributed by atoms with Crippen LogP contribution in [0.15, 0.2) is 29.3 Å². The molecule has 0 unspecified atom stereocenters. The number of hydrogen-bond donors (Lipinski definition) is 2. The average Bonchev–Trinajstić information content (AvgIpc) is 2.57. The van der Waals surface area contributed by atoms with Gasteiger partial charge in [0.2, 0.25) is 0 Å². The van der Waals surface area contributed by atoms with Crippen LogP contribution in [-0.2, 0) is 9.53 Å². The highest BCUT2D eigenvalue weighted by Crippen LogP contribution is 2.14. The number of aliphatic imine (C=N–C) groups is 1. The van der Waals surface area contributed by atoms with Crippen molar-refractivity contribution < 1.29 is 14.3 Å². The zero-order valence-corrected chi connectivity index (χ0v) is 14.0. The molecule has 0 fully saturated rings. The number of esters is 1. The minimum absolute atomic E-state index is 0.132. The third-order valence-electron chi connectivity index (χ3n) is 3.41. The van der Waals surface area contributed by atoms with Crippen LogP contribution in [0.1, 0.15) is 38.5 Å². The van der Waals surface area contributed by atoms with E-state index in [9.17, 15) is 4.79 Å². The fraction of sp³-hybridized carbons (Fsp3) is 0.529. The van der Waals surface area contributed by atoms with Crippen LogP contribution in [0.4, 0.5) is 5.69 Å². The highest BCUT2D eigenvalue weighted by atomic mass is 16.5. The van der Waals surface area contributed by atoms with Gasteiger partial charge in [-0.15, -0.1) is 0 Å². The molecule has 0 saturated heterocycles. The molecule has 1 aromatic rings. The van der Waals surface area contributed by atoms with Crippen LogP contribution in [-0.4, -0.2) is 32.7 Å². The van der Waals surface area contributed by atoms with E-state index >= 15 is 0 Å². The summed E-state index contributed by atoms with van der Waals surface area (Å²) in [6, 6.07) is 7.51. The summed E-state index contributed by atoms with van der Waals surface area (Å²) in [7, 11) is 3.05. The maximum atomic E-state index is 10.9. The zero-order valence-electron chi connectivity index (χ0n) is 14.0. The van der Waals surface area contributed by atoms with Gasteiger partial charge >= 0.3 is 5.97 Å². The number of rotatable bonds is 10. The molecule has 0 radical (unpaired) electrons. The highest BCUT2D eigenvalue weighted by Gasteiger charge is 1.99. The highest BCUT2D eigenvalue weighted by molar-refractivity contribution is 5.92. The molecule has 0 spiro atoms. The summed E-state index contributed by atoms with van der Waals surface area (Å²) >= 11 is 0. The second-order valence-corrected chi connectivity index (χ2v) is 5.21. The van der Waals surface area contributed by atoms with Crippen molar-refractivity contribution >= 4 is 17.6 Å². The fourth-order valence-corrected chi connectivity index (χ4v) is 2.07. The molecule has 6 heteroatoms. The number of nitrogens with two attached hydrogens (primary N) is 1. The summed E-state index contributed by atoms with van der Waals surface area (Å²) in [6.07, 6.45) is 5.60. The monoisotopic (exact) mass is 321 g/mol. The standard InChI is InChI=1S/C17H27N3O3/c1-22-15-11-9-14(10-12-15)20-17(18)19-13-7-5-3-4-6-8-16(21)23-2/h9-12H,3-8,13H2,1-2H3,(H3,18,19,20). The first kappa shape index (κ1) is 18.8. The number of ether oxygens (including phenoxy) is 2. The first-order chi connectivity index (χ1) is 11.2. The van der Waals surface area contributed by atoms with E-state index in [0.717, 1.165) is 43.5 Å². The fourth-order valence-electron chi connectivity index (χ4n) is 2.07. The van der Waals surface area contributed by atoms with Crippen LogP contribution in [0.3, 0.4) is 0 Å². The van der Waals surface area contributed by atoms with Gasteiger partial charge in [-0.2, -0.15) is 0 Å². The van der Waals surface area contributed by atoms with Crippen molar-refractivity contribution in [1.82, 2.24) is 0 Å². The van der Waals surface area contributed by atoms with E-state index in [0.29, 0.717) is 18.9 Å². The molecular weight excluding hydrogens is 294 g/mol. The smallest absolute Gasteiger partial charge is 0.305 e. The SMILES string of the molecule is COC(=O)CCCCCCCN=C(N)Nc1ccc(OC)cc1. The molecule has 23 heavy (non-hydrogen) atoms. The van der Waals surface area contributed by atoms with E-state index < -0.39 is 0 Å². The summed E-state index contributed by atoms with van der Waals surface area (Å²) in [4.78, 5) is 15.2. The van der Waals surface area contributed by atoms with Crippen molar-refractivity contribution in [1.29, 1.82) is 0 Å². The van der Waals surface area contributed by atoms with Crippen LogP contribution in [0.25, 0.3) is 0 Å². The number of nitrogens with one attached hydrogen (secondary N) is 1. The summed E-state index contributed by atoms with van der Waals surface area (Å²) < 4.78 is 9.70. The molecule has 0 bridgehead atoms. The minimum atomic E-state index is -0.132. The van der Waals surface area contributed by atoms with Crippen LogP contribution >= 0.6 is 0 Å². The summed E-state index contributed by atoms with van der Waals surface area (Å²) in [5.74, 6) is 1.09. The molecule has 0 heterocycles. The molecule has 0 saturated carbocycles. The van der Waals surface area contributed by atoms with E-state index in [1.807, 2.05) is 24.3 Å². The summed E-state index contributed by atoms with van der Waals surface area (Å²) in [5.41, 5.74) is 6.73. The molecule has 0 aliphatic heterocycles. The van der Waals surface area contributed by atoms with Crippen LogP contribution in [0.5, 0.6) is 5.75 Å². The Morgan fingerprint density at radius 1 is 1.09 bits per heavy atom. The molecule has 128 valence electrons. The first-order valence-corrected chi connectivity index (χ1v) is 7.93. The number of anilines is 1. The number of nitrogens with zero attached hydrogens (tertiary/aromatic N) is 1. The Hall–Kier alpha value is -2.24. The van der Waals surface area contributed by atoms with Gasteiger partial charge in [0.1, 0.15) is 5.75 Å². The Labute approximate surface area is 138 Å². The summed E-state index contributed by atoms with van der Waals surface area (Å²) in [5, 5.41) is 3.04. The molecule has 0 atom stereocenters. The van der Waals surface area contributed by atoms with Gasteiger partial charge in [-0.3, -0.25) is 9.79 Å². The van der Waals surface area contributed by atoms with Gasteiger partial charge in [-0.25, -0.2) is 0 Å². The molecule has 0 amide bonds. The third-order valence-corrected chi connectivity index (χ3v) is 3.41. The molecular formula is C17H27N3O3. The summed E-state index contributed by atoms with van der Waals surface area (Å²) in [6.45, 7) is 0.700. The number of unbranched alkanes of at least 4 members (excludes halogenated alkanes) is 4. The number of methoxy groups -OCH3 is 2. The van der Waals surface area contributed by atoms with E-state index in [-0.39, 0.29) is 5.97 Å². The van der Waals surface area contributed by atoms with E-state index in [1.165, 1.54) is 7.11 Å². The molecule has 0 aliphatic rings. The Balaban J connectivity index is 2.10. The van der Waals surface area contributed by atoms with Gasteiger partial charge in [0.05, 0.1) is 14.2 Å². The molecule has 6 nitrogen and oxygen atoms in total. The molecule has 0 aromatic heterocycles. The number of hydrogen-bond acceptors (Lipinski definition) is 4. The predicted octanol–water partition coefficient (Wildman–Crippen LogP) is 2.94. The van der Waals surface area contributed by atoms with Crippen LogP contribution in [0.2, 0.25) is 0 Å². The number of guanidine groups is 1. The van der Waals surface area contributed by atoms with Crippen LogP contribution in [0, 0.1) is 0 Å². The lowest BCUT2D eigenvalue weighted by atomic mass is 10.1. The predicted molar refractivity (Wildman–Crippen MR) is 92.8 cm³/mol. The zero-order chi connectivity index (χ0) is 16.9. The van der Waals surface area contributed by atoms with Crippen molar-refractivity contribution in [2.24, 2.45) is 10.7 Å². The molecule has 1 aromatic carbocycles. The van der Waals surface area contributed by atoms with Crippen molar-refractivity contribution in [3.63, 3.8) is 0 Å². The van der Waals surface area contributed by atoms with E-state index in [4.69, 9.17) is 10.5 Å². The number of carbonyl (C=O) groups is 1. The average molecular weight is 321 g/mol. The minimum Gasteiger partial charge on any atom is -0.497 e. The van der Waals surface area contributed by atoms with Crippen LogP contribution < -0.4 is 15.8 Å². The van der Waals surface area contributed by atoms with Gasteiger partial charge in [0.15, 0.2) is 5.96 Å². The second-order valence-electron chi connectivity index (χ2n) is 5.21. The maximum Gasteiger partial charge on any atom is 0.305 e. The van der Waals surface area contributed by atoms with Gasteiger partial charge in [-0.05, 0) is 37.1 Å². The second kappa shape index (κ2) is 11.3. The lowest BCUT2D eigenvalue weighted by Gasteiger charge is -2.06. The molecule has 3 N–H and O–H groups in total.